The Balaban J connectivity index is 2.20. The summed E-state index contributed by atoms with van der Waals surface area (Å²) in [5.74, 6) is 0.111. The first kappa shape index (κ1) is 11.9. The molecule has 0 saturated heterocycles. The first-order valence-electron chi connectivity index (χ1n) is 5.24. The number of hydrogen-bond donors (Lipinski definition) is 2. The molecule has 3 heteroatoms. The summed E-state index contributed by atoms with van der Waals surface area (Å²) >= 11 is 0. The summed E-state index contributed by atoms with van der Waals surface area (Å²) in [6, 6.07) is 9.25. The molecule has 3 nitrogen and oxygen atoms in total. The average molecular weight is 207 g/mol. The first-order chi connectivity index (χ1) is 7.34. The highest BCUT2D eigenvalue weighted by Gasteiger charge is 2.02. The van der Waals surface area contributed by atoms with E-state index in [1.165, 1.54) is 0 Å². The van der Waals surface area contributed by atoms with E-state index < -0.39 is 0 Å². The van der Waals surface area contributed by atoms with E-state index in [2.05, 4.69) is 5.32 Å². The zero-order chi connectivity index (χ0) is 10.9. The van der Waals surface area contributed by atoms with Crippen LogP contribution in [0.2, 0.25) is 0 Å². The second-order valence-electron chi connectivity index (χ2n) is 3.40. The van der Waals surface area contributed by atoms with Gasteiger partial charge in [0.2, 0.25) is 0 Å². The van der Waals surface area contributed by atoms with Gasteiger partial charge in [-0.25, -0.2) is 0 Å². The second kappa shape index (κ2) is 7.15. The monoisotopic (exact) mass is 207 g/mol. The fourth-order valence-corrected chi connectivity index (χ4v) is 1.29. The van der Waals surface area contributed by atoms with Crippen LogP contribution in [0.15, 0.2) is 30.3 Å². The summed E-state index contributed by atoms with van der Waals surface area (Å²) in [6.07, 6.45) is 1.69. The molecule has 1 aromatic carbocycles. The molecule has 0 atom stereocenters. The van der Waals surface area contributed by atoms with E-state index in [4.69, 9.17) is 5.11 Å². The molecule has 0 fully saturated rings. The van der Waals surface area contributed by atoms with Crippen LogP contribution in [0.1, 0.15) is 23.2 Å². The molecule has 15 heavy (non-hydrogen) atoms. The third kappa shape index (κ3) is 4.72. The molecule has 1 aromatic rings. The van der Waals surface area contributed by atoms with E-state index >= 15 is 0 Å². The second-order valence-corrected chi connectivity index (χ2v) is 3.40. The zero-order valence-corrected chi connectivity index (χ0v) is 8.78. The number of aliphatic hydroxyl groups excluding tert-OH is 1. The van der Waals surface area contributed by atoms with Crippen LogP contribution in [0.3, 0.4) is 0 Å². The van der Waals surface area contributed by atoms with Gasteiger partial charge in [-0.2, -0.15) is 0 Å². The van der Waals surface area contributed by atoms with E-state index in [1.807, 2.05) is 30.3 Å². The van der Waals surface area contributed by atoms with Crippen LogP contribution >= 0.6 is 0 Å². The van der Waals surface area contributed by atoms with Crippen molar-refractivity contribution in [3.8, 4) is 0 Å². The zero-order valence-electron chi connectivity index (χ0n) is 8.78. The molecule has 0 aromatic heterocycles. The van der Waals surface area contributed by atoms with Crippen molar-refractivity contribution < 1.29 is 9.90 Å². The molecule has 0 aliphatic rings. The summed E-state index contributed by atoms with van der Waals surface area (Å²) in [5, 5.41) is 11.6. The quantitative estimate of drug-likeness (QED) is 0.522. The van der Waals surface area contributed by atoms with Gasteiger partial charge in [-0.15, -0.1) is 0 Å². The molecular formula is C12H17NO2. The van der Waals surface area contributed by atoms with Gasteiger partial charge in [-0.05, 0) is 19.4 Å². The predicted molar refractivity (Wildman–Crippen MR) is 60.0 cm³/mol. The van der Waals surface area contributed by atoms with Crippen molar-refractivity contribution in [1.29, 1.82) is 0 Å². The lowest BCUT2D eigenvalue weighted by Crippen LogP contribution is -2.24. The largest absolute Gasteiger partial charge is 0.396 e. The Morgan fingerprint density at radius 1 is 1.20 bits per heavy atom. The fraction of sp³-hybridized carbons (Fsp3) is 0.417. The lowest BCUT2D eigenvalue weighted by molar-refractivity contribution is 0.0991. The first-order valence-corrected chi connectivity index (χ1v) is 5.24. The summed E-state index contributed by atoms with van der Waals surface area (Å²) in [6.45, 7) is 1.36. The van der Waals surface area contributed by atoms with Crippen LogP contribution in [0.25, 0.3) is 0 Å². The van der Waals surface area contributed by atoms with Crippen molar-refractivity contribution in [2.75, 3.05) is 19.7 Å². The smallest absolute Gasteiger partial charge is 0.176 e. The molecule has 0 spiro atoms. The number of hydrogen-bond acceptors (Lipinski definition) is 3. The number of Topliss-reactive ketones (excluding diaryl/α,β-unsaturated/α-hetero) is 1. The number of nitrogens with one attached hydrogen (secondary N) is 1. The van der Waals surface area contributed by atoms with Crippen molar-refractivity contribution in [1.82, 2.24) is 5.32 Å². The molecule has 0 aliphatic carbocycles. The SMILES string of the molecule is O=C(CNCCCCO)c1ccccc1. The molecule has 0 radical (unpaired) electrons. The topological polar surface area (TPSA) is 49.3 Å². The third-order valence-corrected chi connectivity index (χ3v) is 2.14. The van der Waals surface area contributed by atoms with E-state index in [9.17, 15) is 4.79 Å². The number of rotatable bonds is 7. The highest BCUT2D eigenvalue weighted by atomic mass is 16.2. The number of aliphatic hydroxyl groups is 1. The molecular weight excluding hydrogens is 190 g/mol. The van der Waals surface area contributed by atoms with Crippen LogP contribution in [-0.2, 0) is 0 Å². The lowest BCUT2D eigenvalue weighted by Gasteiger charge is -2.03. The summed E-state index contributed by atoms with van der Waals surface area (Å²) in [5.41, 5.74) is 0.743. The minimum Gasteiger partial charge on any atom is -0.396 e. The Labute approximate surface area is 90.1 Å². The van der Waals surface area contributed by atoms with Crippen LogP contribution in [-0.4, -0.2) is 30.6 Å². The van der Waals surface area contributed by atoms with Gasteiger partial charge in [-0.1, -0.05) is 30.3 Å². The molecule has 1 rings (SSSR count). The number of benzene rings is 1. The molecule has 82 valence electrons. The van der Waals surface area contributed by atoms with Crippen molar-refractivity contribution in [2.45, 2.75) is 12.8 Å². The fourth-order valence-electron chi connectivity index (χ4n) is 1.29. The van der Waals surface area contributed by atoms with Crippen molar-refractivity contribution in [2.24, 2.45) is 0 Å². The van der Waals surface area contributed by atoms with Gasteiger partial charge in [0.1, 0.15) is 0 Å². The van der Waals surface area contributed by atoms with Crippen molar-refractivity contribution in [3.05, 3.63) is 35.9 Å². The number of carbonyl (C=O) groups is 1. The molecule has 0 heterocycles. The van der Waals surface area contributed by atoms with E-state index in [1.54, 1.807) is 0 Å². The van der Waals surface area contributed by atoms with Crippen molar-refractivity contribution >= 4 is 5.78 Å². The minimum absolute atomic E-state index is 0.111. The van der Waals surface area contributed by atoms with Gasteiger partial charge < -0.3 is 10.4 Å². The Bertz CT molecular complexity index is 285. The van der Waals surface area contributed by atoms with E-state index in [0.29, 0.717) is 6.54 Å². The molecule has 0 unspecified atom stereocenters. The van der Waals surface area contributed by atoms with Gasteiger partial charge in [0.25, 0.3) is 0 Å². The molecule has 0 aliphatic heterocycles. The van der Waals surface area contributed by atoms with Crippen LogP contribution in [0, 0.1) is 0 Å². The summed E-state index contributed by atoms with van der Waals surface area (Å²) in [4.78, 5) is 11.6. The molecule has 0 amide bonds. The third-order valence-electron chi connectivity index (χ3n) is 2.14. The Hall–Kier alpha value is -1.19. The maximum atomic E-state index is 11.6. The highest BCUT2D eigenvalue weighted by Crippen LogP contribution is 1.98. The minimum atomic E-state index is 0.111. The summed E-state index contributed by atoms with van der Waals surface area (Å²) < 4.78 is 0. The van der Waals surface area contributed by atoms with Gasteiger partial charge in [0.15, 0.2) is 5.78 Å². The van der Waals surface area contributed by atoms with Gasteiger partial charge >= 0.3 is 0 Å². The Kier molecular flexibility index (Phi) is 5.66. The highest BCUT2D eigenvalue weighted by molar-refractivity contribution is 5.97. The van der Waals surface area contributed by atoms with Crippen molar-refractivity contribution in [3.63, 3.8) is 0 Å². The lowest BCUT2D eigenvalue weighted by atomic mass is 10.1. The van der Waals surface area contributed by atoms with Crippen LogP contribution in [0.5, 0.6) is 0 Å². The number of carbonyl (C=O) groups excluding carboxylic acids is 1. The molecule has 0 bridgehead atoms. The normalized spacial score (nSPS) is 10.2. The van der Waals surface area contributed by atoms with Gasteiger partial charge in [0.05, 0.1) is 6.54 Å². The maximum absolute atomic E-state index is 11.6. The van der Waals surface area contributed by atoms with Crippen LogP contribution < -0.4 is 5.32 Å². The predicted octanol–water partition coefficient (Wildman–Crippen LogP) is 1.23. The number of ketones is 1. The van der Waals surface area contributed by atoms with E-state index in [0.717, 1.165) is 24.9 Å². The Morgan fingerprint density at radius 2 is 1.93 bits per heavy atom. The molecule has 0 saturated carbocycles. The average Bonchev–Trinajstić information content (AvgIpc) is 2.30. The standard InChI is InChI=1S/C12H17NO2/c14-9-5-4-8-13-10-12(15)11-6-2-1-3-7-11/h1-3,6-7,13-14H,4-5,8-10H2. The van der Waals surface area contributed by atoms with Gasteiger partial charge in [-0.3, -0.25) is 4.79 Å². The molecule has 2 N–H and O–H groups in total. The summed E-state index contributed by atoms with van der Waals surface area (Å²) in [7, 11) is 0. The Morgan fingerprint density at radius 3 is 2.60 bits per heavy atom. The van der Waals surface area contributed by atoms with Crippen LogP contribution in [0.4, 0.5) is 0 Å². The van der Waals surface area contributed by atoms with E-state index in [-0.39, 0.29) is 12.4 Å². The van der Waals surface area contributed by atoms with Gasteiger partial charge in [0, 0.05) is 12.2 Å². The number of unbranched alkanes of at least 4 members (excludes halogenated alkanes) is 1. The maximum Gasteiger partial charge on any atom is 0.176 e.